The average molecular weight is 204 g/mol. The molecule has 2 nitrogen and oxygen atoms in total. The molecule has 82 valence electrons. The van der Waals surface area contributed by atoms with E-state index in [1.807, 2.05) is 12.5 Å². The molecule has 4 rings (SSSR count). The normalized spacial score (nSPS) is 42.3. The third-order valence-electron chi connectivity index (χ3n) is 5.42. The second-order valence-corrected chi connectivity index (χ2v) is 6.00. The van der Waals surface area contributed by atoms with Crippen LogP contribution < -0.4 is 0 Å². The van der Waals surface area contributed by atoms with Gasteiger partial charge in [-0.25, -0.2) is 4.98 Å². The Labute approximate surface area is 91.7 Å². The molecule has 0 spiro atoms. The van der Waals surface area contributed by atoms with Gasteiger partial charge >= 0.3 is 0 Å². The third kappa shape index (κ3) is 0.889. The first kappa shape index (κ1) is 9.44. The van der Waals surface area contributed by atoms with Gasteiger partial charge in [-0.2, -0.15) is 0 Å². The van der Waals surface area contributed by atoms with Crippen LogP contribution in [0.1, 0.15) is 40.0 Å². The fraction of sp³-hybridized carbons (Fsp3) is 0.769. The molecule has 1 heterocycles. The van der Waals surface area contributed by atoms with E-state index in [-0.39, 0.29) is 0 Å². The molecule has 3 fully saturated rings. The molecule has 0 radical (unpaired) electrons. The highest BCUT2D eigenvalue weighted by molar-refractivity contribution is 5.17. The van der Waals surface area contributed by atoms with Gasteiger partial charge in [-0.3, -0.25) is 0 Å². The van der Waals surface area contributed by atoms with Crippen LogP contribution in [0.15, 0.2) is 18.7 Å². The monoisotopic (exact) mass is 204 g/mol. The maximum Gasteiger partial charge on any atom is 0.0951 e. The minimum absolute atomic E-state index is 0.354. The second kappa shape index (κ2) is 2.66. The molecule has 0 aliphatic heterocycles. The van der Waals surface area contributed by atoms with Gasteiger partial charge in [0.15, 0.2) is 0 Å². The van der Waals surface area contributed by atoms with Crippen LogP contribution in [0.25, 0.3) is 0 Å². The molecular formula is C13H20N2. The number of hydrogen-bond donors (Lipinski definition) is 0. The van der Waals surface area contributed by atoms with E-state index in [4.69, 9.17) is 0 Å². The molecule has 3 aliphatic rings. The summed E-state index contributed by atoms with van der Waals surface area (Å²) in [6.07, 6.45) is 10.2. The van der Waals surface area contributed by atoms with E-state index in [0.29, 0.717) is 11.0 Å². The number of fused-ring (bicyclic) bond motifs is 2. The van der Waals surface area contributed by atoms with E-state index in [9.17, 15) is 0 Å². The van der Waals surface area contributed by atoms with Crippen LogP contribution >= 0.6 is 0 Å². The zero-order chi connectivity index (χ0) is 10.7. The Balaban J connectivity index is 2.09. The molecule has 0 N–H and O–H groups in total. The predicted molar refractivity (Wildman–Crippen MR) is 60.5 cm³/mol. The minimum Gasteiger partial charge on any atom is -0.331 e. The summed E-state index contributed by atoms with van der Waals surface area (Å²) >= 11 is 0. The van der Waals surface area contributed by atoms with Crippen LogP contribution in [0.2, 0.25) is 0 Å². The number of aromatic nitrogens is 2. The lowest BCUT2D eigenvalue weighted by atomic mass is 9.41. The smallest absolute Gasteiger partial charge is 0.0951 e. The molecule has 0 amide bonds. The Kier molecular flexibility index (Phi) is 1.67. The SMILES string of the molecule is CC1CCC2CC1(n1ccnc1)C2(C)C. The van der Waals surface area contributed by atoms with Crippen molar-refractivity contribution in [1.29, 1.82) is 0 Å². The molecule has 3 aliphatic carbocycles. The van der Waals surface area contributed by atoms with Crippen LogP contribution in [-0.4, -0.2) is 9.55 Å². The first-order chi connectivity index (χ1) is 7.09. The summed E-state index contributed by atoms with van der Waals surface area (Å²) in [6, 6.07) is 0. The number of nitrogens with zero attached hydrogens (tertiary/aromatic N) is 2. The second-order valence-electron chi connectivity index (χ2n) is 6.00. The minimum atomic E-state index is 0.354. The van der Waals surface area contributed by atoms with Crippen molar-refractivity contribution in [3.05, 3.63) is 18.7 Å². The molecule has 15 heavy (non-hydrogen) atoms. The summed E-state index contributed by atoms with van der Waals surface area (Å²) in [5.41, 5.74) is 0.803. The molecule has 2 bridgehead atoms. The van der Waals surface area contributed by atoms with Crippen LogP contribution in [0.3, 0.4) is 0 Å². The zero-order valence-corrected chi connectivity index (χ0v) is 9.90. The largest absolute Gasteiger partial charge is 0.331 e. The van der Waals surface area contributed by atoms with Crippen molar-refractivity contribution < 1.29 is 0 Å². The van der Waals surface area contributed by atoms with Gasteiger partial charge in [0.2, 0.25) is 0 Å². The zero-order valence-electron chi connectivity index (χ0n) is 9.90. The van der Waals surface area contributed by atoms with E-state index >= 15 is 0 Å². The Bertz CT molecular complexity index is 366. The highest BCUT2D eigenvalue weighted by atomic mass is 15.1. The first-order valence-corrected chi connectivity index (χ1v) is 6.07. The Morgan fingerprint density at radius 1 is 1.33 bits per heavy atom. The molecule has 0 saturated heterocycles. The maximum absolute atomic E-state index is 4.23. The lowest BCUT2D eigenvalue weighted by molar-refractivity contribution is -0.178. The summed E-state index contributed by atoms with van der Waals surface area (Å²) in [5.74, 6) is 1.71. The quantitative estimate of drug-likeness (QED) is 0.687. The van der Waals surface area contributed by atoms with Crippen molar-refractivity contribution in [2.24, 2.45) is 17.3 Å². The number of hydrogen-bond acceptors (Lipinski definition) is 1. The average Bonchev–Trinajstić information content (AvgIpc) is 2.70. The first-order valence-electron chi connectivity index (χ1n) is 6.07. The van der Waals surface area contributed by atoms with E-state index in [0.717, 1.165) is 11.8 Å². The van der Waals surface area contributed by atoms with Crippen LogP contribution in [-0.2, 0) is 5.54 Å². The summed E-state index contributed by atoms with van der Waals surface area (Å²) < 4.78 is 2.38. The number of imidazole rings is 1. The molecule has 0 aromatic carbocycles. The van der Waals surface area contributed by atoms with Gasteiger partial charge in [0.1, 0.15) is 0 Å². The number of rotatable bonds is 1. The van der Waals surface area contributed by atoms with Gasteiger partial charge in [-0.1, -0.05) is 20.8 Å². The molecule has 3 saturated carbocycles. The van der Waals surface area contributed by atoms with Gasteiger partial charge in [-0.15, -0.1) is 0 Å². The van der Waals surface area contributed by atoms with E-state index in [2.05, 4.69) is 36.5 Å². The highest BCUT2D eigenvalue weighted by Gasteiger charge is 2.65. The topological polar surface area (TPSA) is 17.8 Å². The van der Waals surface area contributed by atoms with Crippen molar-refractivity contribution in [3.8, 4) is 0 Å². The van der Waals surface area contributed by atoms with Crippen molar-refractivity contribution in [2.75, 3.05) is 0 Å². The molecule has 3 atom stereocenters. The van der Waals surface area contributed by atoms with Gasteiger partial charge in [0.05, 0.1) is 11.9 Å². The van der Waals surface area contributed by atoms with E-state index in [1.165, 1.54) is 19.3 Å². The Hall–Kier alpha value is -0.790. The van der Waals surface area contributed by atoms with Crippen molar-refractivity contribution >= 4 is 0 Å². The van der Waals surface area contributed by atoms with Gasteiger partial charge in [0, 0.05) is 12.4 Å². The summed E-state index contributed by atoms with van der Waals surface area (Å²) in [6.45, 7) is 7.30. The fourth-order valence-corrected chi connectivity index (χ4v) is 4.29. The van der Waals surface area contributed by atoms with Gasteiger partial charge < -0.3 is 4.57 Å². The fourth-order valence-electron chi connectivity index (χ4n) is 4.29. The summed E-state index contributed by atoms with van der Waals surface area (Å²) in [4.78, 5) is 4.23. The van der Waals surface area contributed by atoms with Crippen molar-refractivity contribution in [2.45, 2.75) is 45.6 Å². The molecule has 2 heteroatoms. The van der Waals surface area contributed by atoms with Gasteiger partial charge in [0.25, 0.3) is 0 Å². The highest BCUT2D eigenvalue weighted by Crippen LogP contribution is 2.67. The summed E-state index contributed by atoms with van der Waals surface area (Å²) in [7, 11) is 0. The Morgan fingerprint density at radius 3 is 2.67 bits per heavy atom. The molecule has 1 aromatic rings. The standard InChI is InChI=1S/C13H20N2/c1-10-4-5-11-8-13(10,12(11,2)3)15-7-6-14-9-15/h6-7,9-11H,4-5,8H2,1-3H3. The molecule has 1 aromatic heterocycles. The maximum atomic E-state index is 4.23. The van der Waals surface area contributed by atoms with Crippen molar-refractivity contribution in [1.82, 2.24) is 9.55 Å². The molecule has 3 unspecified atom stereocenters. The van der Waals surface area contributed by atoms with Crippen LogP contribution in [0, 0.1) is 17.3 Å². The van der Waals surface area contributed by atoms with Crippen LogP contribution in [0.5, 0.6) is 0 Å². The van der Waals surface area contributed by atoms with E-state index < -0.39 is 0 Å². The van der Waals surface area contributed by atoms with Gasteiger partial charge in [-0.05, 0) is 36.5 Å². The van der Waals surface area contributed by atoms with E-state index in [1.54, 1.807) is 0 Å². The summed E-state index contributed by atoms with van der Waals surface area (Å²) in [5, 5.41) is 0. The molecular weight excluding hydrogens is 184 g/mol. The lowest BCUT2D eigenvalue weighted by Crippen LogP contribution is -2.67. The third-order valence-corrected chi connectivity index (χ3v) is 5.42. The predicted octanol–water partition coefficient (Wildman–Crippen LogP) is 3.05. The Morgan fingerprint density at radius 2 is 2.13 bits per heavy atom. The van der Waals surface area contributed by atoms with Crippen molar-refractivity contribution in [3.63, 3.8) is 0 Å². The lowest BCUT2D eigenvalue weighted by Gasteiger charge is -2.68. The van der Waals surface area contributed by atoms with Crippen LogP contribution in [0.4, 0.5) is 0 Å².